The summed E-state index contributed by atoms with van der Waals surface area (Å²) in [5, 5.41) is 10.3. The Labute approximate surface area is 347 Å². The van der Waals surface area contributed by atoms with Crippen LogP contribution < -0.4 is 0 Å². The number of ketones is 1. The first-order valence-corrected chi connectivity index (χ1v) is 26.8. The Morgan fingerprint density at radius 3 is 1.90 bits per heavy atom. The van der Waals surface area contributed by atoms with Crippen LogP contribution in [0.5, 0.6) is 0 Å². The van der Waals surface area contributed by atoms with Gasteiger partial charge in [0.25, 0.3) is 0 Å². The van der Waals surface area contributed by atoms with E-state index in [0.717, 1.165) is 62.2 Å². The van der Waals surface area contributed by atoms with Crippen LogP contribution in [0.1, 0.15) is 113 Å². The van der Waals surface area contributed by atoms with Crippen molar-refractivity contribution < 1.29 is 58.3 Å². The summed E-state index contributed by atoms with van der Waals surface area (Å²) in [6, 6.07) is 0. The molecular formula is C44H67F9O4Si2. The molecule has 338 valence electrons. The molecule has 4 aliphatic carbocycles. The van der Waals surface area contributed by atoms with Crippen LogP contribution in [0.25, 0.3) is 0 Å². The fourth-order valence-corrected chi connectivity index (χ4v) is 11.8. The van der Waals surface area contributed by atoms with E-state index in [0.29, 0.717) is 0 Å². The summed E-state index contributed by atoms with van der Waals surface area (Å²) < 4.78 is 137. The van der Waals surface area contributed by atoms with E-state index >= 15 is 0 Å². The summed E-state index contributed by atoms with van der Waals surface area (Å²) in [5.74, 6) is -21.7. The lowest BCUT2D eigenvalue weighted by molar-refractivity contribution is -0.408. The minimum absolute atomic E-state index is 0.00460. The minimum Gasteiger partial charge on any atom is -0.413 e. The fraction of sp³-hybridized carbons (Fsp3) is 0.795. The second-order valence-corrected chi connectivity index (χ2v) is 30.8. The minimum atomic E-state index is -7.15. The summed E-state index contributed by atoms with van der Waals surface area (Å²) in [6.07, 6.45) is 0.434. The van der Waals surface area contributed by atoms with Gasteiger partial charge in [-0.3, -0.25) is 4.79 Å². The van der Waals surface area contributed by atoms with E-state index in [-0.39, 0.29) is 45.5 Å². The van der Waals surface area contributed by atoms with Gasteiger partial charge in [-0.15, -0.1) is 0 Å². The molecule has 4 rings (SSSR count). The number of halogens is 9. The van der Waals surface area contributed by atoms with Crippen molar-refractivity contribution in [3.8, 4) is 0 Å². The summed E-state index contributed by atoms with van der Waals surface area (Å²) in [7, 11) is -4.27. The van der Waals surface area contributed by atoms with E-state index < -0.39 is 70.7 Å². The molecule has 0 radical (unpaired) electrons. The first-order valence-electron chi connectivity index (χ1n) is 21.0. The predicted octanol–water partition coefficient (Wildman–Crippen LogP) is 13.6. The average Bonchev–Trinajstić information content (AvgIpc) is 3.81. The first-order chi connectivity index (χ1) is 26.4. The molecule has 4 saturated carbocycles. The quantitative estimate of drug-likeness (QED) is 0.114. The second-order valence-electron chi connectivity index (χ2n) is 21.3. The van der Waals surface area contributed by atoms with Gasteiger partial charge in [-0.25, -0.2) is 0 Å². The number of aliphatic hydroxyl groups is 1. The van der Waals surface area contributed by atoms with Gasteiger partial charge in [0, 0.05) is 6.42 Å². The van der Waals surface area contributed by atoms with Gasteiger partial charge in [-0.05, 0) is 128 Å². The first kappa shape index (κ1) is 50.0. The van der Waals surface area contributed by atoms with Crippen LogP contribution in [0.2, 0.25) is 36.3 Å². The third kappa shape index (κ3) is 9.21. The Hall–Kier alpha value is -1.69. The van der Waals surface area contributed by atoms with E-state index in [1.54, 1.807) is 0 Å². The van der Waals surface area contributed by atoms with Crippen molar-refractivity contribution in [1.29, 1.82) is 0 Å². The topological polar surface area (TPSA) is 55.8 Å². The van der Waals surface area contributed by atoms with Crippen LogP contribution in [0.4, 0.5) is 39.5 Å². The van der Waals surface area contributed by atoms with Crippen LogP contribution in [-0.4, -0.2) is 69.8 Å². The number of carbonyl (C=O) groups excluding carboxylic acids is 1. The van der Waals surface area contributed by atoms with Crippen LogP contribution in [0.3, 0.4) is 0 Å². The number of fused-ring (bicyclic) bond motifs is 1. The zero-order valence-electron chi connectivity index (χ0n) is 36.9. The molecule has 4 nitrogen and oxygen atoms in total. The van der Waals surface area contributed by atoms with Gasteiger partial charge in [0.15, 0.2) is 22.4 Å². The second kappa shape index (κ2) is 16.1. The largest absolute Gasteiger partial charge is 0.460 e. The Morgan fingerprint density at radius 1 is 0.847 bits per heavy atom. The van der Waals surface area contributed by atoms with E-state index in [1.165, 1.54) is 11.6 Å². The van der Waals surface area contributed by atoms with Crippen molar-refractivity contribution in [1.82, 2.24) is 0 Å². The van der Waals surface area contributed by atoms with Crippen LogP contribution in [0, 0.1) is 28.6 Å². The maximum atomic E-state index is 14.7. The molecule has 0 saturated heterocycles. The third-order valence-corrected chi connectivity index (χ3v) is 24.3. The zero-order valence-corrected chi connectivity index (χ0v) is 38.9. The maximum absolute atomic E-state index is 14.7. The molecule has 0 spiro atoms. The average molecular weight is 887 g/mol. The number of carbonyl (C=O) groups is 1. The number of hydrogen-bond acceptors (Lipinski definition) is 4. The monoisotopic (exact) mass is 886 g/mol. The lowest BCUT2D eigenvalue weighted by atomic mass is 9.61. The molecular weight excluding hydrogens is 820 g/mol. The van der Waals surface area contributed by atoms with Crippen molar-refractivity contribution in [3.05, 3.63) is 47.6 Å². The molecule has 15 heteroatoms. The van der Waals surface area contributed by atoms with E-state index in [2.05, 4.69) is 93.4 Å². The van der Waals surface area contributed by atoms with Gasteiger partial charge >= 0.3 is 23.9 Å². The van der Waals surface area contributed by atoms with Crippen LogP contribution >= 0.6 is 0 Å². The molecule has 0 aromatic rings. The van der Waals surface area contributed by atoms with Crippen molar-refractivity contribution in [2.45, 2.75) is 192 Å². The number of allylic oxidation sites excluding steroid dienone is 5. The molecule has 0 aromatic heterocycles. The molecule has 0 bridgehead atoms. The zero-order chi connectivity index (χ0) is 45.4. The number of hydrogen-bond donors (Lipinski definition) is 1. The smallest absolute Gasteiger partial charge is 0.413 e. The van der Waals surface area contributed by atoms with Gasteiger partial charge in [0.05, 0.1) is 17.6 Å². The van der Waals surface area contributed by atoms with Crippen molar-refractivity contribution in [2.75, 3.05) is 0 Å². The van der Waals surface area contributed by atoms with Gasteiger partial charge in [0.1, 0.15) is 6.10 Å². The van der Waals surface area contributed by atoms with Crippen LogP contribution in [-0.2, 0) is 13.6 Å². The summed E-state index contributed by atoms with van der Waals surface area (Å²) in [4.78, 5) is 13.2. The molecule has 0 aromatic carbocycles. The maximum Gasteiger partial charge on any atom is 0.460 e. The Bertz CT molecular complexity index is 1680. The van der Waals surface area contributed by atoms with Gasteiger partial charge in [-0.1, -0.05) is 85.8 Å². The molecule has 1 N–H and O–H groups in total. The Kier molecular flexibility index (Phi) is 13.7. The molecule has 0 aliphatic heterocycles. The van der Waals surface area contributed by atoms with E-state index in [9.17, 15) is 49.4 Å². The standard InChI is InChI=1S/C44H67F9O4Si2/c1-27(16-21-35(54)40(23-24-40)36(55)41(45,46)42(47,48)43(49,50)44(51,52)53)32-19-20-33-29(15-14-22-39(32,33)9)17-18-30-25-31(56-58(10,11)37(3,4)5)26-34(28(30)2)57-59(12,13)38(6,7)8/h16-18,21,27,31-34,36,55H,2,14-15,19-20,22-26H2,1,3-13H3/t27-,31?,32-,33+,34?,36?,39-/m1/s1. The molecule has 4 fully saturated rings. The molecule has 59 heavy (non-hydrogen) atoms. The van der Waals surface area contributed by atoms with Gasteiger partial charge in [0.2, 0.25) is 0 Å². The highest BCUT2D eigenvalue weighted by Gasteiger charge is 2.85. The lowest BCUT2D eigenvalue weighted by Gasteiger charge is -2.45. The fourth-order valence-electron chi connectivity index (χ4n) is 9.14. The number of rotatable bonds is 13. The Morgan fingerprint density at radius 2 is 1.39 bits per heavy atom. The lowest BCUT2D eigenvalue weighted by Crippen LogP contribution is -2.66. The molecule has 0 amide bonds. The van der Waals surface area contributed by atoms with E-state index in [4.69, 9.17) is 8.85 Å². The number of aliphatic hydroxyl groups excluding tert-OH is 1. The van der Waals surface area contributed by atoms with Crippen molar-refractivity contribution in [3.63, 3.8) is 0 Å². The SMILES string of the molecule is C=C1C(=CC=C2CCC[C@]3(C)[C@@H]([C@H](C)C=CC(=O)C4(C(O)C(F)(F)C(F)(F)C(F)(F)C(F)(F)F)CC4)CC[C@@H]23)CC(O[Si](C)(C)C(C)(C)C)CC1O[Si](C)(C)C(C)(C)C. The highest BCUT2D eigenvalue weighted by atomic mass is 28.4. The predicted molar refractivity (Wildman–Crippen MR) is 219 cm³/mol. The third-order valence-electron chi connectivity index (χ3n) is 15.3. The van der Waals surface area contributed by atoms with Crippen molar-refractivity contribution >= 4 is 22.4 Å². The van der Waals surface area contributed by atoms with E-state index in [1.807, 2.05) is 6.92 Å². The van der Waals surface area contributed by atoms with Gasteiger partial charge < -0.3 is 14.0 Å². The molecule has 4 aliphatic rings. The highest BCUT2D eigenvalue weighted by Crippen LogP contribution is 2.62. The Balaban J connectivity index is 1.55. The molecule has 7 atom stereocenters. The molecule has 3 unspecified atom stereocenters. The van der Waals surface area contributed by atoms with Gasteiger partial charge in [-0.2, -0.15) is 39.5 Å². The highest BCUT2D eigenvalue weighted by molar-refractivity contribution is 6.74. The summed E-state index contributed by atoms with van der Waals surface area (Å²) in [6.45, 7) is 31.0. The summed E-state index contributed by atoms with van der Waals surface area (Å²) in [5.41, 5.74) is 0.558. The van der Waals surface area contributed by atoms with Crippen molar-refractivity contribution in [2.24, 2.45) is 28.6 Å². The van der Waals surface area contributed by atoms with Crippen LogP contribution in [0.15, 0.2) is 47.6 Å². The normalized spacial score (nSPS) is 30.2. The number of alkyl halides is 9. The summed E-state index contributed by atoms with van der Waals surface area (Å²) >= 11 is 0. The molecule has 0 heterocycles.